The first kappa shape index (κ1) is 11.4. The Morgan fingerprint density at radius 2 is 2.32 bits per heavy atom. The quantitative estimate of drug-likeness (QED) is 0.530. The fourth-order valence-electron chi connectivity index (χ4n) is 1.91. The number of hydrogen-bond acceptors (Lipinski definition) is 5. The second kappa shape index (κ2) is 4.20. The Labute approximate surface area is 107 Å². The SMILES string of the molecule is Cc1[nH]ncc1CNc1cc2[nH]c(=O)oc2cc1N. The number of hydrogen-bond donors (Lipinski definition) is 4. The van der Waals surface area contributed by atoms with Crippen molar-refractivity contribution in [3.05, 3.63) is 40.1 Å². The number of nitrogens with one attached hydrogen (secondary N) is 3. The Morgan fingerprint density at radius 3 is 3.05 bits per heavy atom. The van der Waals surface area contributed by atoms with Crippen LogP contribution in [0.15, 0.2) is 27.5 Å². The van der Waals surface area contributed by atoms with Crippen molar-refractivity contribution < 1.29 is 4.42 Å². The first-order chi connectivity index (χ1) is 9.13. The highest BCUT2D eigenvalue weighted by molar-refractivity contribution is 5.85. The maximum Gasteiger partial charge on any atom is 0.417 e. The third-order valence-corrected chi connectivity index (χ3v) is 2.99. The van der Waals surface area contributed by atoms with E-state index in [1.54, 1.807) is 18.3 Å². The van der Waals surface area contributed by atoms with Crippen LogP contribution < -0.4 is 16.8 Å². The van der Waals surface area contributed by atoms with Crippen molar-refractivity contribution in [3.8, 4) is 0 Å². The molecule has 0 unspecified atom stereocenters. The summed E-state index contributed by atoms with van der Waals surface area (Å²) in [6.45, 7) is 2.55. The summed E-state index contributed by atoms with van der Waals surface area (Å²) in [5, 5.41) is 10.0. The topological polar surface area (TPSA) is 113 Å². The van der Waals surface area contributed by atoms with Crippen molar-refractivity contribution in [1.29, 1.82) is 0 Å². The molecule has 3 aromatic rings. The maximum atomic E-state index is 11.1. The Kier molecular flexibility index (Phi) is 2.52. The van der Waals surface area contributed by atoms with Gasteiger partial charge < -0.3 is 15.5 Å². The fourth-order valence-corrected chi connectivity index (χ4v) is 1.91. The molecular weight excluding hydrogens is 246 g/mol. The molecule has 98 valence electrons. The predicted octanol–water partition coefficient (Wildman–Crippen LogP) is 1.35. The molecule has 3 rings (SSSR count). The van der Waals surface area contributed by atoms with Crippen molar-refractivity contribution in [2.24, 2.45) is 0 Å². The van der Waals surface area contributed by atoms with Gasteiger partial charge in [0.15, 0.2) is 5.58 Å². The van der Waals surface area contributed by atoms with E-state index in [0.717, 1.165) is 16.9 Å². The number of H-pyrrole nitrogens is 2. The van der Waals surface area contributed by atoms with Gasteiger partial charge in [0.1, 0.15) is 0 Å². The number of rotatable bonds is 3. The molecule has 1 aromatic carbocycles. The lowest BCUT2D eigenvalue weighted by atomic mass is 10.2. The molecule has 7 heteroatoms. The number of fused-ring (bicyclic) bond motifs is 1. The van der Waals surface area contributed by atoms with Crippen molar-refractivity contribution in [2.75, 3.05) is 11.1 Å². The minimum absolute atomic E-state index is 0.451. The summed E-state index contributed by atoms with van der Waals surface area (Å²) in [6.07, 6.45) is 1.76. The second-order valence-electron chi connectivity index (χ2n) is 4.32. The van der Waals surface area contributed by atoms with Gasteiger partial charge in [0, 0.05) is 23.9 Å². The van der Waals surface area contributed by atoms with Gasteiger partial charge in [0.25, 0.3) is 0 Å². The van der Waals surface area contributed by atoms with Gasteiger partial charge in [-0.05, 0) is 13.0 Å². The molecule has 0 saturated carbocycles. The Morgan fingerprint density at radius 1 is 1.47 bits per heavy atom. The van der Waals surface area contributed by atoms with E-state index in [4.69, 9.17) is 10.2 Å². The maximum absolute atomic E-state index is 11.1. The molecule has 0 atom stereocenters. The van der Waals surface area contributed by atoms with E-state index in [1.165, 1.54) is 0 Å². The van der Waals surface area contributed by atoms with Crippen LogP contribution in [0.5, 0.6) is 0 Å². The normalized spacial score (nSPS) is 11.0. The highest BCUT2D eigenvalue weighted by Gasteiger charge is 2.07. The van der Waals surface area contributed by atoms with Gasteiger partial charge in [-0.25, -0.2) is 4.79 Å². The summed E-state index contributed by atoms with van der Waals surface area (Å²) < 4.78 is 4.94. The van der Waals surface area contributed by atoms with Crippen LogP contribution in [0.25, 0.3) is 11.1 Å². The molecule has 2 aromatic heterocycles. The van der Waals surface area contributed by atoms with E-state index < -0.39 is 5.76 Å². The van der Waals surface area contributed by atoms with Crippen LogP contribution in [0.1, 0.15) is 11.3 Å². The number of nitrogens with zero attached hydrogens (tertiary/aromatic N) is 1. The zero-order chi connectivity index (χ0) is 13.4. The van der Waals surface area contributed by atoms with E-state index in [0.29, 0.717) is 23.3 Å². The standard InChI is InChI=1S/C12H13N5O2/c1-6-7(5-15-17-6)4-14-9-3-10-11(2-8(9)13)19-12(18)16-10/h2-3,5,14H,4,13H2,1H3,(H,15,17)(H,16,18). The number of benzene rings is 1. The smallest absolute Gasteiger partial charge is 0.408 e. The van der Waals surface area contributed by atoms with E-state index in [2.05, 4.69) is 20.5 Å². The first-order valence-corrected chi connectivity index (χ1v) is 5.78. The average Bonchev–Trinajstić information content (AvgIpc) is 2.91. The number of aryl methyl sites for hydroxylation is 1. The summed E-state index contributed by atoms with van der Waals surface area (Å²) in [6, 6.07) is 3.38. The van der Waals surface area contributed by atoms with Gasteiger partial charge in [0.2, 0.25) is 0 Å². The van der Waals surface area contributed by atoms with Crippen LogP contribution in [-0.4, -0.2) is 15.2 Å². The van der Waals surface area contributed by atoms with Crippen LogP contribution in [0.3, 0.4) is 0 Å². The minimum Gasteiger partial charge on any atom is -0.408 e. The number of aromatic amines is 2. The minimum atomic E-state index is -0.489. The molecule has 0 spiro atoms. The number of aromatic nitrogens is 3. The molecule has 0 radical (unpaired) electrons. The highest BCUT2D eigenvalue weighted by atomic mass is 16.4. The second-order valence-corrected chi connectivity index (χ2v) is 4.32. The molecule has 7 nitrogen and oxygen atoms in total. The molecule has 19 heavy (non-hydrogen) atoms. The Hall–Kier alpha value is -2.70. The number of oxazole rings is 1. The van der Waals surface area contributed by atoms with Gasteiger partial charge in [-0.3, -0.25) is 10.1 Å². The van der Waals surface area contributed by atoms with E-state index in [-0.39, 0.29) is 0 Å². The van der Waals surface area contributed by atoms with Crippen molar-refractivity contribution in [2.45, 2.75) is 13.5 Å². The summed E-state index contributed by atoms with van der Waals surface area (Å²) in [4.78, 5) is 13.7. The van der Waals surface area contributed by atoms with Crippen LogP contribution in [0.2, 0.25) is 0 Å². The third-order valence-electron chi connectivity index (χ3n) is 2.99. The fraction of sp³-hybridized carbons (Fsp3) is 0.167. The lowest BCUT2D eigenvalue weighted by Gasteiger charge is -2.08. The molecule has 5 N–H and O–H groups in total. The summed E-state index contributed by atoms with van der Waals surface area (Å²) >= 11 is 0. The van der Waals surface area contributed by atoms with E-state index in [1.807, 2.05) is 6.92 Å². The van der Waals surface area contributed by atoms with Gasteiger partial charge >= 0.3 is 5.76 Å². The zero-order valence-electron chi connectivity index (χ0n) is 10.3. The van der Waals surface area contributed by atoms with Gasteiger partial charge in [-0.15, -0.1) is 0 Å². The Balaban J connectivity index is 1.90. The van der Waals surface area contributed by atoms with Crippen LogP contribution in [-0.2, 0) is 6.54 Å². The molecule has 0 amide bonds. The van der Waals surface area contributed by atoms with Crippen LogP contribution in [0, 0.1) is 6.92 Å². The molecule has 0 saturated heterocycles. The van der Waals surface area contributed by atoms with Crippen molar-refractivity contribution >= 4 is 22.5 Å². The highest BCUT2D eigenvalue weighted by Crippen LogP contribution is 2.24. The molecule has 0 bridgehead atoms. The van der Waals surface area contributed by atoms with Crippen molar-refractivity contribution in [3.63, 3.8) is 0 Å². The largest absolute Gasteiger partial charge is 0.417 e. The van der Waals surface area contributed by atoms with Crippen LogP contribution in [0.4, 0.5) is 11.4 Å². The predicted molar refractivity (Wildman–Crippen MR) is 71.9 cm³/mol. The molecule has 0 aliphatic heterocycles. The van der Waals surface area contributed by atoms with Gasteiger partial charge in [-0.1, -0.05) is 0 Å². The number of nitrogens with two attached hydrogens (primary N) is 1. The Bertz CT molecular complexity index is 783. The molecular formula is C12H13N5O2. The van der Waals surface area contributed by atoms with Gasteiger partial charge in [0.05, 0.1) is 23.1 Å². The van der Waals surface area contributed by atoms with E-state index >= 15 is 0 Å². The van der Waals surface area contributed by atoms with Crippen molar-refractivity contribution in [1.82, 2.24) is 15.2 Å². The van der Waals surface area contributed by atoms with Crippen LogP contribution >= 0.6 is 0 Å². The summed E-state index contributed by atoms with van der Waals surface area (Å²) in [5.74, 6) is -0.489. The number of anilines is 2. The molecule has 0 aliphatic carbocycles. The monoisotopic (exact) mass is 259 g/mol. The molecule has 0 aliphatic rings. The summed E-state index contributed by atoms with van der Waals surface area (Å²) in [7, 11) is 0. The molecule has 2 heterocycles. The lowest BCUT2D eigenvalue weighted by Crippen LogP contribution is -2.03. The lowest BCUT2D eigenvalue weighted by molar-refractivity contribution is 0.555. The molecule has 0 fully saturated rings. The number of nitrogen functional groups attached to an aromatic ring is 1. The first-order valence-electron chi connectivity index (χ1n) is 5.78. The summed E-state index contributed by atoms with van der Waals surface area (Å²) in [5.41, 5.74) is 10.3. The van der Waals surface area contributed by atoms with Gasteiger partial charge in [-0.2, -0.15) is 5.10 Å². The zero-order valence-corrected chi connectivity index (χ0v) is 10.3. The van der Waals surface area contributed by atoms with E-state index in [9.17, 15) is 4.79 Å². The third kappa shape index (κ3) is 2.05. The average molecular weight is 259 g/mol.